The summed E-state index contributed by atoms with van der Waals surface area (Å²) in [7, 11) is 1.62. The van der Waals surface area contributed by atoms with Crippen molar-refractivity contribution in [3.05, 3.63) is 48.2 Å². The van der Waals surface area contributed by atoms with Gasteiger partial charge in [0, 0.05) is 11.8 Å². The molecule has 0 saturated heterocycles. The Hall–Kier alpha value is -2.36. The molecule has 1 heterocycles. The van der Waals surface area contributed by atoms with Crippen molar-refractivity contribution in [3.8, 4) is 17.0 Å². The number of aromatic nitrogens is 1. The third kappa shape index (κ3) is 2.42. The zero-order chi connectivity index (χ0) is 12.3. The molecule has 0 fully saturated rings. The molecule has 0 aliphatic heterocycles. The number of hydrogen-bond donors (Lipinski definition) is 1. The fourth-order valence-electron chi connectivity index (χ4n) is 1.47. The van der Waals surface area contributed by atoms with Crippen LogP contribution in [0, 0.1) is 0 Å². The number of carbonyl (C=O) groups is 1. The number of benzene rings is 1. The molecule has 0 saturated carbocycles. The van der Waals surface area contributed by atoms with Crippen LogP contribution in [0.4, 0.5) is 0 Å². The van der Waals surface area contributed by atoms with Gasteiger partial charge in [0.1, 0.15) is 5.75 Å². The lowest BCUT2D eigenvalue weighted by atomic mass is 10.1. The first-order valence-corrected chi connectivity index (χ1v) is 5.11. The van der Waals surface area contributed by atoms with E-state index in [0.29, 0.717) is 5.56 Å². The number of nitrogens with zero attached hydrogens (tertiary/aromatic N) is 1. The van der Waals surface area contributed by atoms with Crippen molar-refractivity contribution in [2.45, 2.75) is 0 Å². The van der Waals surface area contributed by atoms with Crippen LogP contribution in [0.3, 0.4) is 0 Å². The van der Waals surface area contributed by atoms with E-state index < -0.39 is 5.91 Å². The molecule has 4 nitrogen and oxygen atoms in total. The molecular weight excluding hydrogens is 216 g/mol. The quantitative estimate of drug-likeness (QED) is 0.871. The number of pyridine rings is 1. The Morgan fingerprint density at radius 1 is 1.18 bits per heavy atom. The SMILES string of the molecule is COc1ccc(-c2ccc(C(N)=O)cn2)cc1. The van der Waals surface area contributed by atoms with Crippen LogP contribution in [0.5, 0.6) is 5.75 Å². The van der Waals surface area contributed by atoms with Crippen LogP contribution in [0.15, 0.2) is 42.6 Å². The summed E-state index contributed by atoms with van der Waals surface area (Å²) in [5.74, 6) is 0.321. The first kappa shape index (κ1) is 11.1. The van der Waals surface area contributed by atoms with E-state index in [4.69, 9.17) is 10.5 Å². The topological polar surface area (TPSA) is 65.2 Å². The van der Waals surface area contributed by atoms with Crippen molar-refractivity contribution in [1.29, 1.82) is 0 Å². The molecule has 2 rings (SSSR count). The van der Waals surface area contributed by atoms with Gasteiger partial charge in [0.2, 0.25) is 5.91 Å². The summed E-state index contributed by atoms with van der Waals surface area (Å²) < 4.78 is 5.07. The Bertz CT molecular complexity index is 518. The zero-order valence-electron chi connectivity index (χ0n) is 9.38. The molecule has 0 bridgehead atoms. The van der Waals surface area contributed by atoms with Gasteiger partial charge in [0.15, 0.2) is 0 Å². The maximum Gasteiger partial charge on any atom is 0.250 e. The molecule has 2 aromatic rings. The minimum atomic E-state index is -0.473. The van der Waals surface area contributed by atoms with Crippen LogP contribution in [-0.2, 0) is 0 Å². The van der Waals surface area contributed by atoms with Gasteiger partial charge in [0.05, 0.1) is 18.4 Å². The van der Waals surface area contributed by atoms with Crippen molar-refractivity contribution >= 4 is 5.91 Å². The second-order valence-electron chi connectivity index (χ2n) is 3.52. The van der Waals surface area contributed by atoms with Crippen LogP contribution in [0.2, 0.25) is 0 Å². The number of amides is 1. The van der Waals surface area contributed by atoms with E-state index in [2.05, 4.69) is 4.98 Å². The fourth-order valence-corrected chi connectivity index (χ4v) is 1.47. The van der Waals surface area contributed by atoms with Crippen molar-refractivity contribution in [2.75, 3.05) is 7.11 Å². The van der Waals surface area contributed by atoms with Crippen LogP contribution in [0.25, 0.3) is 11.3 Å². The Balaban J connectivity index is 2.29. The molecule has 0 spiro atoms. The molecule has 0 atom stereocenters. The van der Waals surface area contributed by atoms with Gasteiger partial charge in [-0.2, -0.15) is 0 Å². The lowest BCUT2D eigenvalue weighted by molar-refractivity contribution is 0.1000. The average molecular weight is 228 g/mol. The van der Waals surface area contributed by atoms with Crippen molar-refractivity contribution < 1.29 is 9.53 Å². The van der Waals surface area contributed by atoms with Gasteiger partial charge < -0.3 is 10.5 Å². The van der Waals surface area contributed by atoms with Crippen LogP contribution < -0.4 is 10.5 Å². The van der Waals surface area contributed by atoms with E-state index in [-0.39, 0.29) is 0 Å². The third-order valence-corrected chi connectivity index (χ3v) is 2.43. The normalized spacial score (nSPS) is 9.94. The number of carbonyl (C=O) groups excluding carboxylic acids is 1. The first-order valence-electron chi connectivity index (χ1n) is 5.11. The number of primary amides is 1. The summed E-state index contributed by atoms with van der Waals surface area (Å²) in [6.07, 6.45) is 1.47. The Labute approximate surface area is 99.1 Å². The lowest BCUT2D eigenvalue weighted by Gasteiger charge is -2.03. The summed E-state index contributed by atoms with van der Waals surface area (Å²) in [5.41, 5.74) is 7.30. The van der Waals surface area contributed by atoms with Crippen molar-refractivity contribution in [3.63, 3.8) is 0 Å². The summed E-state index contributed by atoms with van der Waals surface area (Å²) in [4.78, 5) is 15.1. The van der Waals surface area contributed by atoms with Gasteiger partial charge >= 0.3 is 0 Å². The molecule has 0 radical (unpaired) electrons. The molecule has 86 valence electrons. The minimum absolute atomic E-state index is 0.405. The van der Waals surface area contributed by atoms with E-state index in [1.165, 1.54) is 6.20 Å². The third-order valence-electron chi connectivity index (χ3n) is 2.43. The number of rotatable bonds is 3. The van der Waals surface area contributed by atoms with Crippen LogP contribution >= 0.6 is 0 Å². The standard InChI is InChI=1S/C13H12N2O2/c1-17-11-5-2-9(3-6-11)12-7-4-10(8-15-12)13(14)16/h2-8H,1H3,(H2,14,16). The van der Waals surface area contributed by atoms with Gasteiger partial charge in [-0.1, -0.05) is 0 Å². The highest BCUT2D eigenvalue weighted by atomic mass is 16.5. The predicted octanol–water partition coefficient (Wildman–Crippen LogP) is 1.86. The predicted molar refractivity (Wildman–Crippen MR) is 64.7 cm³/mol. The number of ether oxygens (including phenoxy) is 1. The second-order valence-corrected chi connectivity index (χ2v) is 3.52. The Kier molecular flexibility index (Phi) is 3.05. The van der Waals surface area contributed by atoms with E-state index in [1.54, 1.807) is 19.2 Å². The molecule has 17 heavy (non-hydrogen) atoms. The Morgan fingerprint density at radius 3 is 2.35 bits per heavy atom. The molecule has 1 aromatic carbocycles. The fraction of sp³-hybridized carbons (Fsp3) is 0.0769. The highest BCUT2D eigenvalue weighted by Gasteiger charge is 2.03. The Morgan fingerprint density at radius 2 is 1.88 bits per heavy atom. The average Bonchev–Trinajstić information content (AvgIpc) is 2.39. The smallest absolute Gasteiger partial charge is 0.250 e. The number of methoxy groups -OCH3 is 1. The van der Waals surface area contributed by atoms with Crippen molar-refractivity contribution in [1.82, 2.24) is 4.98 Å². The van der Waals surface area contributed by atoms with Gasteiger partial charge in [-0.15, -0.1) is 0 Å². The van der Waals surface area contributed by atoms with E-state index in [9.17, 15) is 4.79 Å². The summed E-state index contributed by atoms with van der Waals surface area (Å²) in [6, 6.07) is 11.0. The maximum absolute atomic E-state index is 10.9. The zero-order valence-corrected chi connectivity index (χ0v) is 9.38. The van der Waals surface area contributed by atoms with Crippen molar-refractivity contribution in [2.24, 2.45) is 5.73 Å². The number of nitrogens with two attached hydrogens (primary N) is 1. The summed E-state index contributed by atoms with van der Waals surface area (Å²) >= 11 is 0. The lowest BCUT2D eigenvalue weighted by Crippen LogP contribution is -2.10. The van der Waals surface area contributed by atoms with Gasteiger partial charge in [-0.05, 0) is 36.4 Å². The molecule has 0 aliphatic rings. The monoisotopic (exact) mass is 228 g/mol. The summed E-state index contributed by atoms with van der Waals surface area (Å²) in [5, 5.41) is 0. The molecule has 1 aromatic heterocycles. The molecule has 2 N–H and O–H groups in total. The molecule has 1 amide bonds. The first-order chi connectivity index (χ1) is 8.20. The van der Waals surface area contributed by atoms with E-state index in [1.807, 2.05) is 24.3 Å². The van der Waals surface area contributed by atoms with Gasteiger partial charge in [-0.3, -0.25) is 9.78 Å². The largest absolute Gasteiger partial charge is 0.497 e. The van der Waals surface area contributed by atoms with Gasteiger partial charge in [-0.25, -0.2) is 0 Å². The van der Waals surface area contributed by atoms with Gasteiger partial charge in [0.25, 0.3) is 0 Å². The minimum Gasteiger partial charge on any atom is -0.497 e. The molecule has 4 heteroatoms. The second kappa shape index (κ2) is 4.65. The number of hydrogen-bond acceptors (Lipinski definition) is 3. The van der Waals surface area contributed by atoms with Crippen LogP contribution in [-0.4, -0.2) is 18.0 Å². The highest BCUT2D eigenvalue weighted by Crippen LogP contribution is 2.20. The summed E-state index contributed by atoms with van der Waals surface area (Å²) in [6.45, 7) is 0. The molecule has 0 unspecified atom stereocenters. The maximum atomic E-state index is 10.9. The van der Waals surface area contributed by atoms with Crippen LogP contribution in [0.1, 0.15) is 10.4 Å². The molecular formula is C13H12N2O2. The molecule has 0 aliphatic carbocycles. The highest BCUT2D eigenvalue weighted by molar-refractivity contribution is 5.92. The van der Waals surface area contributed by atoms with E-state index in [0.717, 1.165) is 17.0 Å². The van der Waals surface area contributed by atoms with E-state index >= 15 is 0 Å².